The van der Waals surface area contributed by atoms with E-state index in [1.165, 1.54) is 19.1 Å². The molecule has 0 aromatic heterocycles. The van der Waals surface area contributed by atoms with Gasteiger partial charge >= 0.3 is 12.0 Å². The quantitative estimate of drug-likeness (QED) is 0.386. The van der Waals surface area contributed by atoms with E-state index in [0.29, 0.717) is 12.0 Å². The molecular formula is C19H22N2O5. The van der Waals surface area contributed by atoms with Crippen LogP contribution in [0.15, 0.2) is 24.3 Å². The first-order valence-corrected chi connectivity index (χ1v) is 8.79. The summed E-state index contributed by atoms with van der Waals surface area (Å²) in [6, 6.07) is 5.57. The summed E-state index contributed by atoms with van der Waals surface area (Å²) in [5, 5.41) is 2.80. The summed E-state index contributed by atoms with van der Waals surface area (Å²) in [5.41, 5.74) is -0.384. The van der Waals surface area contributed by atoms with Gasteiger partial charge in [-0.15, -0.1) is 0 Å². The molecule has 1 heterocycles. The highest BCUT2D eigenvalue weighted by molar-refractivity contribution is 6.09. The van der Waals surface area contributed by atoms with Gasteiger partial charge in [0, 0.05) is 5.56 Å². The van der Waals surface area contributed by atoms with Crippen LogP contribution in [-0.4, -0.2) is 40.7 Å². The van der Waals surface area contributed by atoms with Gasteiger partial charge in [0.25, 0.3) is 5.91 Å². The fourth-order valence-electron chi connectivity index (χ4n) is 3.69. The number of hydrogen-bond donors (Lipinski definition) is 1. The average Bonchev–Trinajstić information content (AvgIpc) is 2.83. The summed E-state index contributed by atoms with van der Waals surface area (Å²) in [6.07, 6.45) is 3.37. The van der Waals surface area contributed by atoms with Crippen LogP contribution in [0.1, 0.15) is 49.9 Å². The van der Waals surface area contributed by atoms with Crippen LogP contribution in [0.2, 0.25) is 0 Å². The second-order valence-electron chi connectivity index (χ2n) is 6.99. The molecule has 1 saturated carbocycles. The number of carbonyl (C=O) groups excluding carboxylic acids is 4. The van der Waals surface area contributed by atoms with E-state index < -0.39 is 24.1 Å². The average molecular weight is 358 g/mol. The van der Waals surface area contributed by atoms with Crippen LogP contribution in [0.3, 0.4) is 0 Å². The van der Waals surface area contributed by atoms with Gasteiger partial charge in [-0.2, -0.15) is 0 Å². The Balaban J connectivity index is 1.66. The summed E-state index contributed by atoms with van der Waals surface area (Å²) in [4.78, 5) is 49.4. The van der Waals surface area contributed by atoms with E-state index in [1.54, 1.807) is 12.1 Å². The van der Waals surface area contributed by atoms with Crippen LogP contribution in [0, 0.1) is 5.92 Å². The van der Waals surface area contributed by atoms with Crippen molar-refractivity contribution in [2.75, 3.05) is 6.54 Å². The molecule has 7 nitrogen and oxygen atoms in total. The third-order valence-electron chi connectivity index (χ3n) is 5.28. The van der Waals surface area contributed by atoms with E-state index in [-0.39, 0.29) is 23.4 Å². The van der Waals surface area contributed by atoms with Crippen molar-refractivity contribution in [1.29, 1.82) is 0 Å². The first-order chi connectivity index (χ1) is 12.3. The molecule has 3 amide bonds. The van der Waals surface area contributed by atoms with E-state index in [4.69, 9.17) is 4.74 Å². The van der Waals surface area contributed by atoms with Crippen LogP contribution in [0.5, 0.6) is 5.75 Å². The monoisotopic (exact) mass is 358 g/mol. The molecule has 1 aliphatic carbocycles. The zero-order valence-electron chi connectivity index (χ0n) is 14.9. The Labute approximate surface area is 151 Å². The van der Waals surface area contributed by atoms with E-state index in [1.807, 2.05) is 6.92 Å². The van der Waals surface area contributed by atoms with Gasteiger partial charge in [0.15, 0.2) is 5.78 Å². The van der Waals surface area contributed by atoms with Gasteiger partial charge in [-0.1, -0.05) is 19.8 Å². The molecule has 1 aromatic rings. The zero-order chi connectivity index (χ0) is 18.9. The minimum Gasteiger partial charge on any atom is -0.425 e. The van der Waals surface area contributed by atoms with Crippen LogP contribution in [0.4, 0.5) is 4.79 Å². The van der Waals surface area contributed by atoms with E-state index >= 15 is 0 Å². The van der Waals surface area contributed by atoms with Crippen molar-refractivity contribution in [3.8, 4) is 5.75 Å². The summed E-state index contributed by atoms with van der Waals surface area (Å²) in [5.74, 6) is -0.849. The Hall–Kier alpha value is -2.70. The maximum atomic E-state index is 12.8. The van der Waals surface area contributed by atoms with Crippen LogP contribution < -0.4 is 10.1 Å². The normalized spacial score (nSPS) is 25.3. The van der Waals surface area contributed by atoms with Crippen molar-refractivity contribution in [1.82, 2.24) is 10.2 Å². The van der Waals surface area contributed by atoms with Gasteiger partial charge in [0.2, 0.25) is 0 Å². The molecule has 2 atom stereocenters. The molecule has 0 radical (unpaired) electrons. The van der Waals surface area contributed by atoms with E-state index in [9.17, 15) is 19.2 Å². The van der Waals surface area contributed by atoms with Crippen LogP contribution in [0.25, 0.3) is 0 Å². The Kier molecular flexibility index (Phi) is 4.80. The van der Waals surface area contributed by atoms with Crippen LogP contribution in [-0.2, 0) is 9.59 Å². The lowest BCUT2D eigenvalue weighted by Gasteiger charge is -2.36. The second kappa shape index (κ2) is 6.90. The first-order valence-electron chi connectivity index (χ1n) is 8.79. The largest absolute Gasteiger partial charge is 0.425 e. The lowest BCUT2D eigenvalue weighted by molar-refractivity contribution is -0.142. The Morgan fingerprint density at radius 1 is 1.23 bits per heavy atom. The van der Waals surface area contributed by atoms with Gasteiger partial charge < -0.3 is 10.1 Å². The van der Waals surface area contributed by atoms with Crippen molar-refractivity contribution in [3.63, 3.8) is 0 Å². The minimum absolute atomic E-state index is 0.0350. The highest BCUT2D eigenvalue weighted by Crippen LogP contribution is 2.38. The Morgan fingerprint density at radius 3 is 2.54 bits per heavy atom. The van der Waals surface area contributed by atoms with Crippen molar-refractivity contribution in [3.05, 3.63) is 29.8 Å². The van der Waals surface area contributed by atoms with Gasteiger partial charge in [-0.25, -0.2) is 9.59 Å². The number of ketones is 1. The molecule has 0 unspecified atom stereocenters. The summed E-state index contributed by atoms with van der Waals surface area (Å²) in [7, 11) is 0. The molecule has 1 saturated heterocycles. The predicted octanol–water partition coefficient (Wildman–Crippen LogP) is 2.30. The fourth-order valence-corrected chi connectivity index (χ4v) is 3.69. The minimum atomic E-state index is -0.890. The van der Waals surface area contributed by atoms with Crippen molar-refractivity contribution >= 4 is 23.7 Å². The number of amides is 3. The number of urea groups is 1. The third-order valence-corrected chi connectivity index (χ3v) is 5.28. The zero-order valence-corrected chi connectivity index (χ0v) is 14.9. The standard InChI is InChI=1S/C19H22N2O5/c1-12-5-3-4-10-19(12)17(24)21(18(25)20-19)11-16(23)26-15-8-6-14(7-9-15)13(2)22/h6-9,12H,3-5,10-11H2,1-2H3,(H,20,25)/t12-,19+/m0/s1. The topological polar surface area (TPSA) is 92.8 Å². The molecule has 1 aromatic carbocycles. The van der Waals surface area contributed by atoms with Crippen molar-refractivity contribution in [2.24, 2.45) is 5.92 Å². The molecule has 7 heteroatoms. The summed E-state index contributed by atoms with van der Waals surface area (Å²) >= 11 is 0. The van der Waals surface area contributed by atoms with Crippen molar-refractivity contribution < 1.29 is 23.9 Å². The lowest BCUT2D eigenvalue weighted by Crippen LogP contribution is -2.54. The second-order valence-corrected chi connectivity index (χ2v) is 6.99. The number of hydrogen-bond acceptors (Lipinski definition) is 5. The number of nitrogens with one attached hydrogen (secondary N) is 1. The maximum absolute atomic E-state index is 12.8. The number of rotatable bonds is 4. The number of Topliss-reactive ketones (excluding diaryl/α,β-unsaturated/α-hetero) is 1. The predicted molar refractivity (Wildman–Crippen MR) is 92.7 cm³/mol. The van der Waals surface area contributed by atoms with Gasteiger partial charge in [0.05, 0.1) is 0 Å². The molecular weight excluding hydrogens is 336 g/mol. The van der Waals surface area contributed by atoms with Crippen LogP contribution >= 0.6 is 0 Å². The smallest absolute Gasteiger partial charge is 0.331 e. The number of imide groups is 1. The van der Waals surface area contributed by atoms with Crippen molar-refractivity contribution in [2.45, 2.75) is 45.1 Å². The Morgan fingerprint density at radius 2 is 1.92 bits per heavy atom. The molecule has 2 fully saturated rings. The van der Waals surface area contributed by atoms with Gasteiger partial charge in [0.1, 0.15) is 17.8 Å². The highest BCUT2D eigenvalue weighted by atomic mass is 16.5. The number of esters is 1. The highest BCUT2D eigenvalue weighted by Gasteiger charge is 2.55. The van der Waals surface area contributed by atoms with E-state index in [2.05, 4.69) is 5.32 Å². The number of benzene rings is 1. The lowest BCUT2D eigenvalue weighted by atomic mass is 9.73. The summed E-state index contributed by atoms with van der Waals surface area (Å²) in [6.45, 7) is 2.96. The third kappa shape index (κ3) is 3.21. The molecule has 1 N–H and O–H groups in total. The molecule has 138 valence electrons. The molecule has 2 aliphatic rings. The summed E-state index contributed by atoms with van der Waals surface area (Å²) < 4.78 is 5.19. The molecule has 0 bridgehead atoms. The Bertz CT molecular complexity index is 758. The maximum Gasteiger partial charge on any atom is 0.331 e. The number of ether oxygens (including phenoxy) is 1. The fraction of sp³-hybridized carbons (Fsp3) is 0.474. The number of nitrogens with zero attached hydrogens (tertiary/aromatic N) is 1. The molecule has 3 rings (SSSR count). The SMILES string of the molecule is CC(=O)c1ccc(OC(=O)CN2C(=O)N[C@@]3(CCCC[C@@H]3C)C2=O)cc1. The van der Waals surface area contributed by atoms with Gasteiger partial charge in [-0.05, 0) is 49.9 Å². The first kappa shape index (κ1) is 18.1. The molecule has 1 spiro atoms. The number of carbonyl (C=O) groups is 4. The van der Waals surface area contributed by atoms with E-state index in [0.717, 1.165) is 24.2 Å². The molecule has 1 aliphatic heterocycles. The van der Waals surface area contributed by atoms with Gasteiger partial charge in [-0.3, -0.25) is 14.5 Å². The molecule has 26 heavy (non-hydrogen) atoms.